The molecule has 0 aromatic carbocycles. The predicted octanol–water partition coefficient (Wildman–Crippen LogP) is 4.51. The van der Waals surface area contributed by atoms with Gasteiger partial charge in [0.15, 0.2) is 15.6 Å². The van der Waals surface area contributed by atoms with Crippen LogP contribution in [-0.4, -0.2) is 16.7 Å². The zero-order valence-corrected chi connectivity index (χ0v) is 13.1. The molecule has 0 saturated heterocycles. The Morgan fingerprint density at radius 1 is 1.47 bits per heavy atom. The van der Waals surface area contributed by atoms with Gasteiger partial charge in [-0.15, -0.1) is 11.3 Å². The summed E-state index contributed by atoms with van der Waals surface area (Å²) in [6.07, 6.45) is -0.519. The Labute approximate surface area is 123 Å². The minimum atomic E-state index is -0.532. The number of thiazole rings is 1. The summed E-state index contributed by atoms with van der Waals surface area (Å²) in [7, 11) is 0. The third kappa shape index (κ3) is 4.07. The minimum Gasteiger partial charge on any atom is -0.448 e. The van der Waals surface area contributed by atoms with Gasteiger partial charge in [-0.1, -0.05) is 0 Å². The summed E-state index contributed by atoms with van der Waals surface area (Å²) in [5, 5.41) is 4.86. The first kappa shape index (κ1) is 14.1. The van der Waals surface area contributed by atoms with Crippen molar-refractivity contribution in [2.45, 2.75) is 26.4 Å². The molecule has 2 rings (SSSR count). The number of rotatable bonds is 2. The van der Waals surface area contributed by atoms with E-state index < -0.39 is 11.7 Å². The molecular weight excluding hydrogens is 332 g/mol. The van der Waals surface area contributed by atoms with Crippen LogP contribution in [0.3, 0.4) is 0 Å². The highest BCUT2D eigenvalue weighted by Crippen LogP contribution is 2.28. The van der Waals surface area contributed by atoms with E-state index in [1.807, 2.05) is 0 Å². The summed E-state index contributed by atoms with van der Waals surface area (Å²) < 4.78 is 11.2. The van der Waals surface area contributed by atoms with Crippen molar-refractivity contribution in [1.29, 1.82) is 0 Å². The lowest BCUT2D eigenvalue weighted by molar-refractivity contribution is 0.0636. The maximum Gasteiger partial charge on any atom is 0.413 e. The summed E-state index contributed by atoms with van der Waals surface area (Å²) >= 11 is 4.54. The van der Waals surface area contributed by atoms with Crippen LogP contribution in [-0.2, 0) is 4.74 Å². The fraction of sp³-hybridized carbons (Fsp3) is 0.333. The smallest absolute Gasteiger partial charge is 0.413 e. The molecule has 102 valence electrons. The second-order valence-corrected chi connectivity index (χ2v) is 6.41. The molecule has 1 N–H and O–H groups in total. The van der Waals surface area contributed by atoms with Gasteiger partial charge < -0.3 is 9.15 Å². The molecule has 0 unspecified atom stereocenters. The zero-order valence-electron chi connectivity index (χ0n) is 10.7. The molecular formula is C12H13BrN2O3S. The Balaban J connectivity index is 2.04. The van der Waals surface area contributed by atoms with Crippen molar-refractivity contribution >= 4 is 38.5 Å². The molecule has 5 nitrogen and oxygen atoms in total. The first-order valence-electron chi connectivity index (χ1n) is 5.55. The van der Waals surface area contributed by atoms with Gasteiger partial charge in [-0.05, 0) is 48.8 Å². The van der Waals surface area contributed by atoms with Crippen LogP contribution < -0.4 is 5.32 Å². The average Bonchev–Trinajstić information content (AvgIpc) is 2.83. The second kappa shape index (κ2) is 5.34. The minimum absolute atomic E-state index is 0.469. The number of nitrogens with one attached hydrogen (secondary N) is 1. The fourth-order valence-electron chi connectivity index (χ4n) is 1.29. The Bertz CT molecular complexity index is 586. The standard InChI is InChI=1S/C12H13BrN2O3S/c1-12(2,3)18-11(16)15-10-14-7(6-19-10)8-4-5-9(13)17-8/h4-6H,1-3H3,(H,14,15,16). The van der Waals surface area contributed by atoms with Gasteiger partial charge in [0.2, 0.25) is 0 Å². The lowest BCUT2D eigenvalue weighted by atomic mass is 10.2. The molecule has 2 aromatic rings. The first-order valence-corrected chi connectivity index (χ1v) is 7.22. The number of ether oxygens (including phenoxy) is 1. The molecule has 19 heavy (non-hydrogen) atoms. The molecule has 0 aliphatic carbocycles. The van der Waals surface area contributed by atoms with E-state index in [1.54, 1.807) is 38.3 Å². The number of amides is 1. The van der Waals surface area contributed by atoms with Gasteiger partial charge in [-0.3, -0.25) is 5.32 Å². The summed E-state index contributed by atoms with van der Waals surface area (Å²) in [5.74, 6) is 0.639. The summed E-state index contributed by atoms with van der Waals surface area (Å²) in [5.41, 5.74) is 0.137. The van der Waals surface area contributed by atoms with Crippen LogP contribution in [0, 0.1) is 0 Å². The molecule has 1 amide bonds. The van der Waals surface area contributed by atoms with Crippen molar-refractivity contribution in [3.63, 3.8) is 0 Å². The third-order valence-corrected chi connectivity index (χ3v) is 3.12. The van der Waals surface area contributed by atoms with E-state index in [9.17, 15) is 4.79 Å². The highest BCUT2D eigenvalue weighted by Gasteiger charge is 2.17. The number of nitrogens with zero attached hydrogens (tertiary/aromatic N) is 1. The predicted molar refractivity (Wildman–Crippen MR) is 77.4 cm³/mol. The largest absolute Gasteiger partial charge is 0.448 e. The molecule has 0 atom stereocenters. The van der Waals surface area contributed by atoms with Gasteiger partial charge in [-0.2, -0.15) is 0 Å². The van der Waals surface area contributed by atoms with E-state index in [-0.39, 0.29) is 0 Å². The molecule has 0 radical (unpaired) electrons. The van der Waals surface area contributed by atoms with E-state index in [0.717, 1.165) is 0 Å². The van der Waals surface area contributed by atoms with Crippen molar-refractivity contribution in [1.82, 2.24) is 4.98 Å². The van der Waals surface area contributed by atoms with Crippen molar-refractivity contribution < 1.29 is 13.9 Å². The molecule has 0 saturated carbocycles. The van der Waals surface area contributed by atoms with Crippen molar-refractivity contribution in [2.75, 3.05) is 5.32 Å². The molecule has 0 aliphatic rings. The quantitative estimate of drug-likeness (QED) is 0.870. The van der Waals surface area contributed by atoms with E-state index >= 15 is 0 Å². The summed E-state index contributed by atoms with van der Waals surface area (Å²) in [6.45, 7) is 5.42. The molecule has 2 heterocycles. The molecule has 2 aromatic heterocycles. The van der Waals surface area contributed by atoms with Gasteiger partial charge in [0.1, 0.15) is 11.3 Å². The van der Waals surface area contributed by atoms with Crippen LogP contribution >= 0.6 is 27.3 Å². The molecule has 7 heteroatoms. The maximum absolute atomic E-state index is 11.6. The third-order valence-electron chi connectivity index (χ3n) is 1.94. The van der Waals surface area contributed by atoms with Gasteiger partial charge >= 0.3 is 6.09 Å². The number of furan rings is 1. The van der Waals surface area contributed by atoms with Gasteiger partial charge in [-0.25, -0.2) is 9.78 Å². The normalized spacial score (nSPS) is 11.4. The SMILES string of the molecule is CC(C)(C)OC(=O)Nc1nc(-c2ccc(Br)o2)cs1. The van der Waals surface area contributed by atoms with Crippen LogP contribution in [0.15, 0.2) is 26.6 Å². The van der Waals surface area contributed by atoms with Crippen molar-refractivity contribution in [3.05, 3.63) is 22.2 Å². The lowest BCUT2D eigenvalue weighted by Gasteiger charge is -2.18. The Kier molecular flexibility index (Phi) is 3.96. The fourth-order valence-corrected chi connectivity index (χ4v) is 2.28. The van der Waals surface area contributed by atoms with Crippen LogP contribution in [0.5, 0.6) is 0 Å². The van der Waals surface area contributed by atoms with Crippen LogP contribution in [0.4, 0.5) is 9.93 Å². The number of anilines is 1. The highest BCUT2D eigenvalue weighted by atomic mass is 79.9. The maximum atomic E-state index is 11.6. The van der Waals surface area contributed by atoms with E-state index in [2.05, 4.69) is 26.2 Å². The van der Waals surface area contributed by atoms with E-state index in [1.165, 1.54) is 11.3 Å². The van der Waals surface area contributed by atoms with Crippen LogP contribution in [0.25, 0.3) is 11.5 Å². The molecule has 0 aliphatic heterocycles. The Morgan fingerprint density at radius 2 is 2.21 bits per heavy atom. The van der Waals surface area contributed by atoms with E-state index in [4.69, 9.17) is 9.15 Å². The lowest BCUT2D eigenvalue weighted by Crippen LogP contribution is -2.27. The van der Waals surface area contributed by atoms with E-state index in [0.29, 0.717) is 21.3 Å². The molecule has 0 fully saturated rings. The monoisotopic (exact) mass is 344 g/mol. The van der Waals surface area contributed by atoms with Crippen LogP contribution in [0.1, 0.15) is 20.8 Å². The number of halogens is 1. The van der Waals surface area contributed by atoms with Gasteiger partial charge in [0.25, 0.3) is 0 Å². The zero-order chi connectivity index (χ0) is 14.0. The summed E-state index contributed by atoms with van der Waals surface area (Å²) in [4.78, 5) is 15.8. The number of carbonyl (C=O) groups is 1. The summed E-state index contributed by atoms with van der Waals surface area (Å²) in [6, 6.07) is 3.59. The number of aromatic nitrogens is 1. The average molecular weight is 345 g/mol. The number of carbonyl (C=O) groups excluding carboxylic acids is 1. The Hall–Kier alpha value is -1.34. The van der Waals surface area contributed by atoms with Crippen molar-refractivity contribution in [3.8, 4) is 11.5 Å². The topological polar surface area (TPSA) is 64.4 Å². The first-order chi connectivity index (χ1) is 8.83. The molecule has 0 spiro atoms. The van der Waals surface area contributed by atoms with Crippen molar-refractivity contribution in [2.24, 2.45) is 0 Å². The van der Waals surface area contributed by atoms with Gasteiger partial charge in [0.05, 0.1) is 0 Å². The van der Waals surface area contributed by atoms with Gasteiger partial charge in [0, 0.05) is 5.38 Å². The number of hydrogen-bond acceptors (Lipinski definition) is 5. The molecule has 0 bridgehead atoms. The highest BCUT2D eigenvalue weighted by molar-refractivity contribution is 9.10. The second-order valence-electron chi connectivity index (χ2n) is 4.77. The Morgan fingerprint density at radius 3 is 2.79 bits per heavy atom. The van der Waals surface area contributed by atoms with Crippen LogP contribution in [0.2, 0.25) is 0 Å². The number of hydrogen-bond donors (Lipinski definition) is 1.